The standard InChI is InChI=1S/C21H20ClFN2O3/c1-20-4-5-26-10-18(20)21(11-27-19(24)25-21)16-8-12(2-3-17(16)28-20)13-6-14(22)9-15(23)7-13/h2-3,6-9,18H,4-5,10-11H2,1H3,(H2,24,25)/t18-,20+,21?/m0/s1. The molecule has 1 fully saturated rings. The van der Waals surface area contributed by atoms with E-state index >= 15 is 0 Å². The van der Waals surface area contributed by atoms with E-state index in [1.807, 2.05) is 18.2 Å². The Balaban J connectivity index is 1.70. The quantitative estimate of drug-likeness (QED) is 0.786. The third-order valence-corrected chi connectivity index (χ3v) is 6.29. The number of ether oxygens (including phenoxy) is 3. The molecule has 0 bridgehead atoms. The number of benzene rings is 2. The van der Waals surface area contributed by atoms with Crippen LogP contribution in [0.1, 0.15) is 18.9 Å². The molecule has 5 rings (SSSR count). The van der Waals surface area contributed by atoms with Crippen LogP contribution in [-0.2, 0) is 15.0 Å². The second kappa shape index (κ2) is 6.09. The van der Waals surface area contributed by atoms with Crippen molar-refractivity contribution in [2.24, 2.45) is 16.6 Å². The maximum atomic E-state index is 13.9. The molecule has 0 radical (unpaired) electrons. The molecule has 1 unspecified atom stereocenters. The number of hydrogen-bond donors (Lipinski definition) is 1. The molecule has 2 aromatic carbocycles. The van der Waals surface area contributed by atoms with Crippen molar-refractivity contribution in [3.63, 3.8) is 0 Å². The van der Waals surface area contributed by atoms with Crippen LogP contribution in [0.4, 0.5) is 4.39 Å². The molecule has 2 aromatic rings. The Morgan fingerprint density at radius 3 is 2.82 bits per heavy atom. The summed E-state index contributed by atoms with van der Waals surface area (Å²) in [6, 6.07) is 10.4. The minimum Gasteiger partial charge on any atom is -0.487 e. The van der Waals surface area contributed by atoms with Crippen molar-refractivity contribution in [3.8, 4) is 16.9 Å². The van der Waals surface area contributed by atoms with Gasteiger partial charge in [0.15, 0.2) is 0 Å². The Morgan fingerprint density at radius 1 is 1.21 bits per heavy atom. The minimum absolute atomic E-state index is 0.0475. The number of nitrogens with zero attached hydrogens (tertiary/aromatic N) is 1. The number of fused-ring (bicyclic) bond motifs is 4. The van der Waals surface area contributed by atoms with Gasteiger partial charge in [0.1, 0.15) is 29.3 Å². The molecule has 1 saturated heterocycles. The zero-order chi connectivity index (χ0) is 19.5. The normalized spacial score (nSPS) is 30.8. The first kappa shape index (κ1) is 17.8. The molecule has 3 atom stereocenters. The van der Waals surface area contributed by atoms with E-state index in [4.69, 9.17) is 36.5 Å². The van der Waals surface area contributed by atoms with Gasteiger partial charge in [-0.1, -0.05) is 17.7 Å². The summed E-state index contributed by atoms with van der Waals surface area (Å²) >= 11 is 6.05. The van der Waals surface area contributed by atoms with Crippen molar-refractivity contribution in [1.29, 1.82) is 0 Å². The van der Waals surface area contributed by atoms with E-state index in [1.165, 1.54) is 12.1 Å². The smallest absolute Gasteiger partial charge is 0.283 e. The van der Waals surface area contributed by atoms with E-state index in [2.05, 4.69) is 6.92 Å². The highest BCUT2D eigenvalue weighted by molar-refractivity contribution is 6.30. The van der Waals surface area contributed by atoms with Gasteiger partial charge in [0.25, 0.3) is 6.02 Å². The predicted octanol–water partition coefficient (Wildman–Crippen LogP) is 3.87. The molecule has 0 amide bonds. The Kier molecular flexibility index (Phi) is 3.87. The van der Waals surface area contributed by atoms with Crippen LogP contribution in [0, 0.1) is 11.7 Å². The number of aliphatic imine (C=N–C) groups is 1. The molecule has 3 aliphatic heterocycles. The molecule has 28 heavy (non-hydrogen) atoms. The van der Waals surface area contributed by atoms with Crippen molar-refractivity contribution in [2.75, 3.05) is 19.8 Å². The largest absolute Gasteiger partial charge is 0.487 e. The van der Waals surface area contributed by atoms with E-state index in [9.17, 15) is 4.39 Å². The molecular formula is C21H20ClFN2O3. The lowest BCUT2D eigenvalue weighted by atomic mass is 9.66. The fraction of sp³-hybridized carbons (Fsp3) is 0.381. The molecule has 3 aliphatic rings. The van der Waals surface area contributed by atoms with Crippen molar-refractivity contribution < 1.29 is 18.6 Å². The van der Waals surface area contributed by atoms with Gasteiger partial charge in [0, 0.05) is 17.0 Å². The van der Waals surface area contributed by atoms with Crippen LogP contribution in [0.3, 0.4) is 0 Å². The fourth-order valence-electron chi connectivity index (χ4n) is 4.65. The molecule has 3 heterocycles. The third-order valence-electron chi connectivity index (χ3n) is 6.08. The topological polar surface area (TPSA) is 66.1 Å². The maximum Gasteiger partial charge on any atom is 0.283 e. The van der Waals surface area contributed by atoms with E-state index in [-0.39, 0.29) is 17.8 Å². The average molecular weight is 403 g/mol. The van der Waals surface area contributed by atoms with E-state index in [0.717, 1.165) is 23.3 Å². The number of amidine groups is 1. The molecule has 0 aliphatic carbocycles. The number of nitrogens with two attached hydrogens (primary N) is 1. The molecule has 7 heteroatoms. The van der Waals surface area contributed by atoms with Gasteiger partial charge >= 0.3 is 0 Å². The van der Waals surface area contributed by atoms with Gasteiger partial charge in [-0.25, -0.2) is 9.38 Å². The summed E-state index contributed by atoms with van der Waals surface area (Å²) < 4.78 is 31.7. The Bertz CT molecular complexity index is 977. The Hall–Kier alpha value is -2.31. The van der Waals surface area contributed by atoms with Crippen LogP contribution in [0.15, 0.2) is 41.4 Å². The first-order valence-electron chi connectivity index (χ1n) is 9.26. The highest BCUT2D eigenvalue weighted by Gasteiger charge is 2.59. The van der Waals surface area contributed by atoms with Crippen LogP contribution in [0.2, 0.25) is 5.02 Å². The Labute approximate surface area is 167 Å². The SMILES string of the molecule is C[C@@]12CCOC[C@@H]1C1(COC(N)=N1)c1cc(-c3cc(F)cc(Cl)c3)ccc1O2. The average Bonchev–Trinajstić information content (AvgIpc) is 3.03. The van der Waals surface area contributed by atoms with Crippen molar-refractivity contribution in [1.82, 2.24) is 0 Å². The zero-order valence-electron chi connectivity index (χ0n) is 15.4. The summed E-state index contributed by atoms with van der Waals surface area (Å²) in [5.41, 5.74) is 7.20. The first-order chi connectivity index (χ1) is 13.4. The third kappa shape index (κ3) is 2.58. The number of hydrogen-bond acceptors (Lipinski definition) is 5. The van der Waals surface area contributed by atoms with Crippen LogP contribution < -0.4 is 10.5 Å². The number of halogens is 2. The van der Waals surface area contributed by atoms with Crippen LogP contribution in [0.5, 0.6) is 5.75 Å². The number of rotatable bonds is 1. The van der Waals surface area contributed by atoms with Gasteiger partial charge < -0.3 is 19.9 Å². The molecule has 2 N–H and O–H groups in total. The summed E-state index contributed by atoms with van der Waals surface area (Å²) in [6.07, 6.45) is 0.759. The second-order valence-electron chi connectivity index (χ2n) is 7.82. The summed E-state index contributed by atoms with van der Waals surface area (Å²) in [4.78, 5) is 4.73. The van der Waals surface area contributed by atoms with Crippen LogP contribution in [0.25, 0.3) is 11.1 Å². The molecule has 1 spiro atoms. The lowest BCUT2D eigenvalue weighted by molar-refractivity contribution is -0.129. The van der Waals surface area contributed by atoms with Gasteiger partial charge in [-0.2, -0.15) is 0 Å². The highest BCUT2D eigenvalue weighted by Crippen LogP contribution is 2.54. The summed E-state index contributed by atoms with van der Waals surface area (Å²) in [7, 11) is 0. The van der Waals surface area contributed by atoms with Crippen molar-refractivity contribution >= 4 is 17.6 Å². The molecule has 146 valence electrons. The highest BCUT2D eigenvalue weighted by atomic mass is 35.5. The minimum atomic E-state index is -0.694. The molecular weight excluding hydrogens is 383 g/mol. The summed E-state index contributed by atoms with van der Waals surface area (Å²) in [6.45, 7) is 3.56. The van der Waals surface area contributed by atoms with Gasteiger partial charge in [0.2, 0.25) is 0 Å². The van der Waals surface area contributed by atoms with Gasteiger partial charge in [-0.3, -0.25) is 0 Å². The van der Waals surface area contributed by atoms with Crippen molar-refractivity contribution in [2.45, 2.75) is 24.5 Å². The van der Waals surface area contributed by atoms with Crippen LogP contribution >= 0.6 is 11.6 Å². The fourth-order valence-corrected chi connectivity index (χ4v) is 4.87. The predicted molar refractivity (Wildman–Crippen MR) is 104 cm³/mol. The van der Waals surface area contributed by atoms with E-state index in [0.29, 0.717) is 30.4 Å². The Morgan fingerprint density at radius 2 is 2.07 bits per heavy atom. The molecule has 0 saturated carbocycles. The zero-order valence-corrected chi connectivity index (χ0v) is 16.1. The maximum absolute atomic E-state index is 13.9. The summed E-state index contributed by atoms with van der Waals surface area (Å²) in [5.74, 6) is 0.313. The van der Waals surface area contributed by atoms with Gasteiger partial charge in [-0.15, -0.1) is 0 Å². The first-order valence-corrected chi connectivity index (χ1v) is 9.63. The molecule has 0 aromatic heterocycles. The van der Waals surface area contributed by atoms with Gasteiger partial charge in [-0.05, 0) is 48.4 Å². The monoisotopic (exact) mass is 402 g/mol. The summed E-state index contributed by atoms with van der Waals surface area (Å²) in [5, 5.41) is 0.346. The van der Waals surface area contributed by atoms with Gasteiger partial charge in [0.05, 0.1) is 19.1 Å². The van der Waals surface area contributed by atoms with E-state index in [1.54, 1.807) is 6.07 Å². The lowest BCUT2D eigenvalue weighted by Gasteiger charge is -2.52. The lowest BCUT2D eigenvalue weighted by Crippen LogP contribution is -2.59. The van der Waals surface area contributed by atoms with E-state index < -0.39 is 11.1 Å². The molecule has 5 nitrogen and oxygen atoms in total. The van der Waals surface area contributed by atoms with Crippen molar-refractivity contribution in [3.05, 3.63) is 52.8 Å². The second-order valence-corrected chi connectivity index (χ2v) is 8.26. The van der Waals surface area contributed by atoms with Crippen LogP contribution in [-0.4, -0.2) is 31.4 Å².